The third-order valence-corrected chi connectivity index (χ3v) is 3.43. The summed E-state index contributed by atoms with van der Waals surface area (Å²) in [6.45, 7) is 0.761. The third-order valence-electron chi connectivity index (χ3n) is 3.43. The van der Waals surface area contributed by atoms with Crippen LogP contribution in [0.15, 0.2) is 42.7 Å². The molecule has 0 fully saturated rings. The lowest BCUT2D eigenvalue weighted by atomic mass is 10.1. The van der Waals surface area contributed by atoms with Crippen LogP contribution in [0.4, 0.5) is 0 Å². The van der Waals surface area contributed by atoms with Gasteiger partial charge in [0.2, 0.25) is 5.91 Å². The van der Waals surface area contributed by atoms with E-state index in [-0.39, 0.29) is 5.91 Å². The predicted octanol–water partition coefficient (Wildman–Crippen LogP) is 2.85. The van der Waals surface area contributed by atoms with E-state index in [1.54, 1.807) is 0 Å². The van der Waals surface area contributed by atoms with Gasteiger partial charge in [0.1, 0.15) is 0 Å². The van der Waals surface area contributed by atoms with Crippen molar-refractivity contribution in [2.24, 2.45) is 0 Å². The van der Waals surface area contributed by atoms with Gasteiger partial charge in [0.15, 0.2) is 0 Å². The summed E-state index contributed by atoms with van der Waals surface area (Å²) in [5.74, 6) is 0.234. The first-order valence-electron chi connectivity index (χ1n) is 6.36. The highest BCUT2D eigenvalue weighted by molar-refractivity contribution is 5.83. The molecule has 2 aromatic rings. The predicted molar refractivity (Wildman–Crippen MR) is 72.1 cm³/mol. The van der Waals surface area contributed by atoms with Gasteiger partial charge in [-0.1, -0.05) is 24.3 Å². The molecular weight excluding hydrogens is 224 g/mol. The van der Waals surface area contributed by atoms with Gasteiger partial charge in [-0.05, 0) is 24.5 Å². The number of aromatic nitrogens is 1. The highest BCUT2D eigenvalue weighted by atomic mass is 16.2. The Labute approximate surface area is 106 Å². The molecule has 0 bridgehead atoms. The van der Waals surface area contributed by atoms with Crippen molar-refractivity contribution in [3.63, 3.8) is 0 Å². The van der Waals surface area contributed by atoms with E-state index in [9.17, 15) is 4.79 Å². The molecule has 3 nitrogen and oxygen atoms in total. The first-order valence-corrected chi connectivity index (χ1v) is 6.36. The number of benzene rings is 1. The second-order valence-corrected chi connectivity index (χ2v) is 4.62. The van der Waals surface area contributed by atoms with Crippen LogP contribution in [0.1, 0.15) is 18.4 Å². The smallest absolute Gasteiger partial charge is 0.226 e. The van der Waals surface area contributed by atoms with E-state index in [1.165, 1.54) is 10.9 Å². The molecule has 0 radical (unpaired) electrons. The zero-order valence-electron chi connectivity index (χ0n) is 10.2. The van der Waals surface area contributed by atoms with Crippen LogP contribution in [0.3, 0.4) is 0 Å². The average Bonchev–Trinajstić information content (AvgIpc) is 2.81. The van der Waals surface area contributed by atoms with E-state index in [0.717, 1.165) is 24.9 Å². The fourth-order valence-electron chi connectivity index (χ4n) is 2.41. The molecule has 1 N–H and O–H groups in total. The summed E-state index contributed by atoms with van der Waals surface area (Å²) < 4.78 is 0. The molecule has 3 heteroatoms. The van der Waals surface area contributed by atoms with Crippen LogP contribution in [0, 0.1) is 0 Å². The number of nitrogens with zero attached hydrogens (tertiary/aromatic N) is 1. The fraction of sp³-hybridized carbons (Fsp3) is 0.267. The summed E-state index contributed by atoms with van der Waals surface area (Å²) >= 11 is 0. The molecule has 0 atom stereocenters. The Morgan fingerprint density at radius 2 is 2.17 bits per heavy atom. The molecule has 1 aromatic heterocycles. The molecule has 18 heavy (non-hydrogen) atoms. The Kier molecular flexibility index (Phi) is 2.89. The summed E-state index contributed by atoms with van der Waals surface area (Å²) in [5.41, 5.74) is 2.44. The number of hydrogen-bond acceptors (Lipinski definition) is 1. The fourth-order valence-corrected chi connectivity index (χ4v) is 2.41. The second-order valence-electron chi connectivity index (χ2n) is 4.62. The van der Waals surface area contributed by atoms with Gasteiger partial charge >= 0.3 is 0 Å². The van der Waals surface area contributed by atoms with Crippen molar-refractivity contribution in [1.82, 2.24) is 9.88 Å². The Morgan fingerprint density at radius 3 is 3.06 bits per heavy atom. The van der Waals surface area contributed by atoms with Crippen LogP contribution in [0.2, 0.25) is 0 Å². The summed E-state index contributed by atoms with van der Waals surface area (Å²) in [6.07, 6.45) is 8.44. The number of carbonyl (C=O) groups is 1. The Bertz CT molecular complexity index is 597. The molecule has 0 aliphatic carbocycles. The quantitative estimate of drug-likeness (QED) is 0.879. The maximum atomic E-state index is 11.7. The van der Waals surface area contributed by atoms with Crippen molar-refractivity contribution in [2.45, 2.75) is 19.3 Å². The van der Waals surface area contributed by atoms with E-state index >= 15 is 0 Å². The Morgan fingerprint density at radius 1 is 1.28 bits per heavy atom. The second kappa shape index (κ2) is 4.69. The maximum Gasteiger partial charge on any atom is 0.226 e. The lowest BCUT2D eigenvalue weighted by molar-refractivity contribution is -0.129. The Hall–Kier alpha value is -2.03. The lowest BCUT2D eigenvalue weighted by Crippen LogP contribution is -2.29. The number of H-pyrrole nitrogens is 1. The number of nitrogens with one attached hydrogen (secondary N) is 1. The molecule has 3 rings (SSSR count). The van der Waals surface area contributed by atoms with Gasteiger partial charge in [-0.3, -0.25) is 4.79 Å². The summed E-state index contributed by atoms with van der Waals surface area (Å²) in [4.78, 5) is 16.8. The lowest BCUT2D eigenvalue weighted by Gasteiger charge is -2.21. The van der Waals surface area contributed by atoms with Gasteiger partial charge in [-0.25, -0.2) is 0 Å². The molecule has 1 aliphatic rings. The molecule has 0 saturated carbocycles. The first kappa shape index (κ1) is 11.1. The third kappa shape index (κ3) is 2.04. The number of para-hydroxylation sites is 1. The summed E-state index contributed by atoms with van der Waals surface area (Å²) in [7, 11) is 0. The molecule has 1 amide bonds. The van der Waals surface area contributed by atoms with Crippen LogP contribution < -0.4 is 0 Å². The molecule has 1 aliphatic heterocycles. The number of rotatable bonds is 3. The molecule has 0 unspecified atom stereocenters. The number of hydrogen-bond donors (Lipinski definition) is 1. The van der Waals surface area contributed by atoms with Crippen LogP contribution in [-0.2, 0) is 11.2 Å². The Balaban J connectivity index is 1.75. The SMILES string of the molecule is O=C1CCC=CN1CCc1c[nH]c2ccccc12. The summed E-state index contributed by atoms with van der Waals surface area (Å²) in [6, 6.07) is 8.27. The van der Waals surface area contributed by atoms with Gasteiger partial charge in [-0.2, -0.15) is 0 Å². The first-order chi connectivity index (χ1) is 8.84. The van der Waals surface area contributed by atoms with Gasteiger partial charge in [0, 0.05) is 36.3 Å². The van der Waals surface area contributed by atoms with E-state index in [1.807, 2.05) is 29.4 Å². The zero-order valence-corrected chi connectivity index (χ0v) is 10.2. The molecule has 0 spiro atoms. The molecule has 0 saturated heterocycles. The van der Waals surface area contributed by atoms with E-state index in [2.05, 4.69) is 23.2 Å². The average molecular weight is 240 g/mol. The van der Waals surface area contributed by atoms with Crippen molar-refractivity contribution < 1.29 is 4.79 Å². The van der Waals surface area contributed by atoms with Gasteiger partial charge in [-0.15, -0.1) is 0 Å². The van der Waals surface area contributed by atoms with Crippen molar-refractivity contribution >= 4 is 16.8 Å². The zero-order chi connectivity index (χ0) is 12.4. The topological polar surface area (TPSA) is 36.1 Å². The van der Waals surface area contributed by atoms with Crippen LogP contribution in [0.5, 0.6) is 0 Å². The summed E-state index contributed by atoms with van der Waals surface area (Å²) in [5, 5.41) is 1.26. The number of carbonyl (C=O) groups excluding carboxylic acids is 1. The number of amides is 1. The van der Waals surface area contributed by atoms with Gasteiger partial charge in [0.25, 0.3) is 0 Å². The van der Waals surface area contributed by atoms with Gasteiger partial charge in [0.05, 0.1) is 0 Å². The molecule has 92 valence electrons. The van der Waals surface area contributed by atoms with Crippen molar-refractivity contribution in [2.75, 3.05) is 6.54 Å². The minimum absolute atomic E-state index is 0.234. The van der Waals surface area contributed by atoms with Crippen molar-refractivity contribution in [1.29, 1.82) is 0 Å². The van der Waals surface area contributed by atoms with Crippen molar-refractivity contribution in [3.05, 3.63) is 48.3 Å². The van der Waals surface area contributed by atoms with Gasteiger partial charge < -0.3 is 9.88 Å². The number of aromatic amines is 1. The minimum Gasteiger partial charge on any atom is -0.361 e. The largest absolute Gasteiger partial charge is 0.361 e. The van der Waals surface area contributed by atoms with E-state index in [0.29, 0.717) is 6.42 Å². The molecule has 1 aromatic carbocycles. The number of fused-ring (bicyclic) bond motifs is 1. The van der Waals surface area contributed by atoms with Crippen LogP contribution in [-0.4, -0.2) is 22.3 Å². The standard InChI is InChI=1S/C15H16N2O/c18-15-7-3-4-9-17(15)10-8-12-11-16-14-6-2-1-5-13(12)14/h1-2,4-6,9,11,16H,3,7-8,10H2. The number of allylic oxidation sites excluding steroid dienone is 1. The van der Waals surface area contributed by atoms with E-state index in [4.69, 9.17) is 0 Å². The molecule has 2 heterocycles. The van der Waals surface area contributed by atoms with E-state index < -0.39 is 0 Å². The maximum absolute atomic E-state index is 11.7. The highest BCUT2D eigenvalue weighted by Crippen LogP contribution is 2.19. The normalized spacial score (nSPS) is 15.6. The molecular formula is C15H16N2O. The monoisotopic (exact) mass is 240 g/mol. The highest BCUT2D eigenvalue weighted by Gasteiger charge is 2.14. The van der Waals surface area contributed by atoms with Crippen molar-refractivity contribution in [3.8, 4) is 0 Å². The minimum atomic E-state index is 0.234. The van der Waals surface area contributed by atoms with Crippen LogP contribution in [0.25, 0.3) is 10.9 Å². The van der Waals surface area contributed by atoms with Crippen LogP contribution >= 0.6 is 0 Å².